The number of rotatable bonds is 10. The van der Waals surface area contributed by atoms with E-state index in [1.54, 1.807) is 6.08 Å². The zero-order valence-corrected chi connectivity index (χ0v) is 14.5. The standard InChI is InChI=1S/C22H27NO2/c1-3-11-20(22(25)21(24)4-2)23(16-18-12-7-5-8-13-18)17-19-14-9-6-10-15-19/h3-10,12-15,20-22,24-25H,1-2,11,16-17H2/t20-,21-,22-/m1/s1. The van der Waals surface area contributed by atoms with Crippen molar-refractivity contribution in [1.29, 1.82) is 0 Å². The Hall–Kier alpha value is -2.20. The van der Waals surface area contributed by atoms with E-state index in [4.69, 9.17) is 0 Å². The first kappa shape index (κ1) is 19.1. The van der Waals surface area contributed by atoms with Crippen molar-refractivity contribution in [2.75, 3.05) is 0 Å². The molecule has 0 fully saturated rings. The highest BCUT2D eigenvalue weighted by molar-refractivity contribution is 5.18. The molecule has 0 spiro atoms. The van der Waals surface area contributed by atoms with Gasteiger partial charge in [-0.05, 0) is 17.5 Å². The van der Waals surface area contributed by atoms with E-state index in [1.807, 2.05) is 36.4 Å². The summed E-state index contributed by atoms with van der Waals surface area (Å²) < 4.78 is 0. The third-order valence-electron chi connectivity index (χ3n) is 4.32. The molecule has 0 aliphatic rings. The Kier molecular flexibility index (Phi) is 7.61. The second kappa shape index (κ2) is 9.94. The summed E-state index contributed by atoms with van der Waals surface area (Å²) in [4.78, 5) is 2.18. The second-order valence-corrected chi connectivity index (χ2v) is 6.18. The van der Waals surface area contributed by atoms with Gasteiger partial charge in [0.15, 0.2) is 0 Å². The molecule has 3 heteroatoms. The van der Waals surface area contributed by atoms with Gasteiger partial charge in [-0.3, -0.25) is 4.90 Å². The first-order chi connectivity index (χ1) is 12.2. The van der Waals surface area contributed by atoms with E-state index >= 15 is 0 Å². The number of benzene rings is 2. The number of hydrogen-bond donors (Lipinski definition) is 2. The van der Waals surface area contributed by atoms with Crippen molar-refractivity contribution in [2.45, 2.75) is 37.8 Å². The molecule has 2 N–H and O–H groups in total. The Morgan fingerprint density at radius 3 is 1.72 bits per heavy atom. The Morgan fingerprint density at radius 1 is 0.840 bits per heavy atom. The van der Waals surface area contributed by atoms with Gasteiger partial charge in [0.2, 0.25) is 0 Å². The van der Waals surface area contributed by atoms with Crippen LogP contribution in [0.15, 0.2) is 86.0 Å². The van der Waals surface area contributed by atoms with Crippen LogP contribution in [0, 0.1) is 0 Å². The normalized spacial score (nSPS) is 14.7. The number of nitrogens with zero attached hydrogens (tertiary/aromatic N) is 1. The van der Waals surface area contributed by atoms with Crippen molar-refractivity contribution in [2.24, 2.45) is 0 Å². The molecule has 0 radical (unpaired) electrons. The van der Waals surface area contributed by atoms with Gasteiger partial charge in [0.1, 0.15) is 0 Å². The molecule has 0 aliphatic heterocycles. The molecule has 0 heterocycles. The largest absolute Gasteiger partial charge is 0.388 e. The van der Waals surface area contributed by atoms with Crippen molar-refractivity contribution in [1.82, 2.24) is 4.90 Å². The summed E-state index contributed by atoms with van der Waals surface area (Å²) in [7, 11) is 0. The predicted molar refractivity (Wildman–Crippen MR) is 103 cm³/mol. The van der Waals surface area contributed by atoms with E-state index < -0.39 is 12.2 Å². The summed E-state index contributed by atoms with van der Waals surface area (Å²) in [6.45, 7) is 8.77. The molecule has 2 rings (SSSR count). The second-order valence-electron chi connectivity index (χ2n) is 6.18. The lowest BCUT2D eigenvalue weighted by atomic mass is 9.98. The summed E-state index contributed by atoms with van der Waals surface area (Å²) in [6, 6.07) is 20.0. The Bertz CT molecular complexity index is 600. The van der Waals surface area contributed by atoms with Crippen LogP contribution in [-0.4, -0.2) is 33.4 Å². The minimum Gasteiger partial charge on any atom is -0.388 e. The molecule has 0 saturated carbocycles. The van der Waals surface area contributed by atoms with E-state index in [-0.39, 0.29) is 6.04 Å². The average Bonchev–Trinajstić information content (AvgIpc) is 2.66. The smallest absolute Gasteiger partial charge is 0.0992 e. The van der Waals surface area contributed by atoms with E-state index in [0.29, 0.717) is 19.5 Å². The highest BCUT2D eigenvalue weighted by Crippen LogP contribution is 2.20. The topological polar surface area (TPSA) is 43.7 Å². The molecule has 2 aromatic carbocycles. The zero-order valence-electron chi connectivity index (χ0n) is 14.5. The summed E-state index contributed by atoms with van der Waals surface area (Å²) in [5, 5.41) is 20.7. The molecule has 25 heavy (non-hydrogen) atoms. The minimum atomic E-state index is -0.973. The summed E-state index contributed by atoms with van der Waals surface area (Å²) in [5.41, 5.74) is 2.32. The van der Waals surface area contributed by atoms with Crippen LogP contribution in [-0.2, 0) is 13.1 Å². The molecule has 0 bridgehead atoms. The lowest BCUT2D eigenvalue weighted by molar-refractivity contribution is -0.0235. The lowest BCUT2D eigenvalue weighted by Gasteiger charge is -2.36. The van der Waals surface area contributed by atoms with Crippen LogP contribution in [0.2, 0.25) is 0 Å². The summed E-state index contributed by atoms with van der Waals surface area (Å²) >= 11 is 0. The maximum absolute atomic E-state index is 10.6. The molecular formula is C22H27NO2. The molecule has 0 amide bonds. The molecule has 2 aromatic rings. The van der Waals surface area contributed by atoms with Crippen LogP contribution in [0.3, 0.4) is 0 Å². The number of aliphatic hydroxyl groups is 2. The average molecular weight is 337 g/mol. The SMILES string of the molecule is C=CC[C@H]([C@@H](O)[C@H](O)C=C)N(Cc1ccccc1)Cc1ccccc1. The highest BCUT2D eigenvalue weighted by atomic mass is 16.3. The van der Waals surface area contributed by atoms with Crippen LogP contribution >= 0.6 is 0 Å². The summed E-state index contributed by atoms with van der Waals surface area (Å²) in [5.74, 6) is 0. The molecule has 0 aliphatic carbocycles. The van der Waals surface area contributed by atoms with Gasteiger partial charge < -0.3 is 10.2 Å². The predicted octanol–water partition coefficient (Wildman–Crippen LogP) is 3.54. The fraction of sp³-hybridized carbons (Fsp3) is 0.273. The van der Waals surface area contributed by atoms with Crippen LogP contribution in [0.4, 0.5) is 0 Å². The van der Waals surface area contributed by atoms with Crippen molar-refractivity contribution < 1.29 is 10.2 Å². The first-order valence-electron chi connectivity index (χ1n) is 8.57. The van der Waals surface area contributed by atoms with Gasteiger partial charge >= 0.3 is 0 Å². The Labute approximate surface area is 150 Å². The quantitative estimate of drug-likeness (QED) is 0.652. The fourth-order valence-electron chi connectivity index (χ4n) is 2.97. The highest BCUT2D eigenvalue weighted by Gasteiger charge is 2.29. The van der Waals surface area contributed by atoms with Gasteiger partial charge in [0.25, 0.3) is 0 Å². The molecule has 0 aromatic heterocycles. The van der Waals surface area contributed by atoms with Gasteiger partial charge in [0, 0.05) is 19.1 Å². The molecule has 3 nitrogen and oxygen atoms in total. The van der Waals surface area contributed by atoms with Crippen LogP contribution < -0.4 is 0 Å². The number of aliphatic hydroxyl groups excluding tert-OH is 2. The van der Waals surface area contributed by atoms with Crippen molar-refractivity contribution >= 4 is 0 Å². The lowest BCUT2D eigenvalue weighted by Crippen LogP contribution is -2.47. The van der Waals surface area contributed by atoms with Gasteiger partial charge in [-0.15, -0.1) is 13.2 Å². The van der Waals surface area contributed by atoms with E-state index in [2.05, 4.69) is 42.3 Å². The molecule has 3 atom stereocenters. The van der Waals surface area contributed by atoms with Gasteiger partial charge in [-0.1, -0.05) is 72.8 Å². The summed E-state index contributed by atoms with van der Waals surface area (Å²) in [6.07, 6.45) is 1.84. The third kappa shape index (κ3) is 5.68. The fourth-order valence-corrected chi connectivity index (χ4v) is 2.97. The van der Waals surface area contributed by atoms with E-state index in [1.165, 1.54) is 6.08 Å². The van der Waals surface area contributed by atoms with Crippen LogP contribution in [0.25, 0.3) is 0 Å². The third-order valence-corrected chi connectivity index (χ3v) is 4.32. The maximum atomic E-state index is 10.6. The van der Waals surface area contributed by atoms with Gasteiger partial charge in [-0.25, -0.2) is 0 Å². The van der Waals surface area contributed by atoms with Crippen molar-refractivity contribution in [3.63, 3.8) is 0 Å². The molecular weight excluding hydrogens is 310 g/mol. The Balaban J connectivity index is 2.28. The van der Waals surface area contributed by atoms with Crippen molar-refractivity contribution in [3.05, 3.63) is 97.1 Å². The van der Waals surface area contributed by atoms with Crippen LogP contribution in [0.5, 0.6) is 0 Å². The van der Waals surface area contributed by atoms with E-state index in [9.17, 15) is 10.2 Å². The molecule has 0 saturated heterocycles. The maximum Gasteiger partial charge on any atom is 0.0992 e. The Morgan fingerprint density at radius 2 is 1.32 bits per heavy atom. The van der Waals surface area contributed by atoms with Gasteiger partial charge in [-0.2, -0.15) is 0 Å². The zero-order chi connectivity index (χ0) is 18.1. The van der Waals surface area contributed by atoms with Crippen LogP contribution in [0.1, 0.15) is 17.5 Å². The van der Waals surface area contributed by atoms with E-state index in [0.717, 1.165) is 11.1 Å². The first-order valence-corrected chi connectivity index (χ1v) is 8.57. The molecule has 0 unspecified atom stereocenters. The van der Waals surface area contributed by atoms with Gasteiger partial charge in [0.05, 0.1) is 12.2 Å². The molecule has 132 valence electrons. The van der Waals surface area contributed by atoms with Crippen molar-refractivity contribution in [3.8, 4) is 0 Å². The minimum absolute atomic E-state index is 0.258. The number of hydrogen-bond acceptors (Lipinski definition) is 3. The monoisotopic (exact) mass is 337 g/mol.